The third kappa shape index (κ3) is 2.68. The fourth-order valence-corrected chi connectivity index (χ4v) is 3.14. The van der Waals surface area contributed by atoms with Gasteiger partial charge in [0.1, 0.15) is 10.7 Å². The number of imide groups is 1. The van der Waals surface area contributed by atoms with E-state index in [0.717, 1.165) is 10.6 Å². The Kier molecular flexibility index (Phi) is 4.60. The highest BCUT2D eigenvalue weighted by Gasteiger charge is 2.42. The van der Waals surface area contributed by atoms with Crippen molar-refractivity contribution in [2.75, 3.05) is 16.3 Å². The first kappa shape index (κ1) is 16.6. The van der Waals surface area contributed by atoms with E-state index in [9.17, 15) is 9.59 Å². The first-order chi connectivity index (χ1) is 11.6. The summed E-state index contributed by atoms with van der Waals surface area (Å²) < 4.78 is 0. The molecule has 0 atom stereocenters. The fourth-order valence-electron chi connectivity index (χ4n) is 2.65. The lowest BCUT2D eigenvalue weighted by Crippen LogP contribution is -2.35. The summed E-state index contributed by atoms with van der Waals surface area (Å²) in [4.78, 5) is 28.2. The zero-order valence-corrected chi connectivity index (χ0v) is 14.4. The van der Waals surface area contributed by atoms with Gasteiger partial charge in [0.2, 0.25) is 0 Å². The van der Waals surface area contributed by atoms with Crippen LogP contribution in [0.1, 0.15) is 6.92 Å². The molecule has 24 heavy (non-hydrogen) atoms. The van der Waals surface area contributed by atoms with Crippen molar-refractivity contribution >= 4 is 46.4 Å². The van der Waals surface area contributed by atoms with E-state index in [1.165, 1.54) is 0 Å². The van der Waals surface area contributed by atoms with Crippen LogP contribution in [0.15, 0.2) is 65.3 Å². The van der Waals surface area contributed by atoms with E-state index in [0.29, 0.717) is 17.3 Å². The monoisotopic (exact) mass is 360 g/mol. The highest BCUT2D eigenvalue weighted by Crippen LogP contribution is 2.36. The van der Waals surface area contributed by atoms with Gasteiger partial charge in [-0.2, -0.15) is 0 Å². The number of anilines is 2. The molecule has 1 aliphatic rings. The number of amides is 2. The second-order valence-electron chi connectivity index (χ2n) is 5.14. The van der Waals surface area contributed by atoms with Crippen molar-refractivity contribution in [1.29, 1.82) is 0 Å². The van der Waals surface area contributed by atoms with Gasteiger partial charge in [-0.1, -0.05) is 53.5 Å². The molecule has 2 aromatic carbocycles. The molecule has 0 aromatic heterocycles. The second kappa shape index (κ2) is 6.67. The Hall–Kier alpha value is -2.30. The van der Waals surface area contributed by atoms with Gasteiger partial charge in [-0.3, -0.25) is 9.59 Å². The minimum atomic E-state index is -0.570. The molecule has 4 nitrogen and oxygen atoms in total. The Morgan fingerprint density at radius 1 is 0.917 bits per heavy atom. The molecule has 0 unspecified atom stereocenters. The maximum atomic E-state index is 12.9. The molecule has 1 heterocycles. The van der Waals surface area contributed by atoms with E-state index in [4.69, 9.17) is 23.2 Å². The minimum Gasteiger partial charge on any atom is -0.336 e. The molecular formula is C18H14Cl2N2O2. The number of hydrogen-bond acceptors (Lipinski definition) is 3. The van der Waals surface area contributed by atoms with E-state index >= 15 is 0 Å². The molecule has 0 fully saturated rings. The Bertz CT molecular complexity index is 834. The maximum absolute atomic E-state index is 12.9. The molecule has 1 aliphatic heterocycles. The number of hydrogen-bond donors (Lipinski definition) is 0. The van der Waals surface area contributed by atoms with Crippen LogP contribution in [0.2, 0.25) is 5.02 Å². The van der Waals surface area contributed by atoms with E-state index in [1.807, 2.05) is 37.3 Å². The molecular weight excluding hydrogens is 347 g/mol. The highest BCUT2D eigenvalue weighted by atomic mass is 35.5. The normalized spacial score (nSPS) is 14.5. The number of carbonyl (C=O) groups excluding carboxylic acids is 2. The highest BCUT2D eigenvalue weighted by molar-refractivity contribution is 6.53. The predicted octanol–water partition coefficient (Wildman–Crippen LogP) is 4.19. The Morgan fingerprint density at radius 2 is 1.54 bits per heavy atom. The van der Waals surface area contributed by atoms with Gasteiger partial charge in [0.15, 0.2) is 0 Å². The molecule has 0 radical (unpaired) electrons. The van der Waals surface area contributed by atoms with Gasteiger partial charge in [0.05, 0.1) is 10.7 Å². The van der Waals surface area contributed by atoms with Crippen LogP contribution in [-0.4, -0.2) is 18.4 Å². The summed E-state index contributed by atoms with van der Waals surface area (Å²) in [5.74, 6) is -1.05. The van der Waals surface area contributed by atoms with Gasteiger partial charge < -0.3 is 4.90 Å². The maximum Gasteiger partial charge on any atom is 0.283 e. The van der Waals surface area contributed by atoms with Crippen LogP contribution in [0, 0.1) is 0 Å². The van der Waals surface area contributed by atoms with Crippen LogP contribution >= 0.6 is 23.2 Å². The third-order valence-electron chi connectivity index (χ3n) is 3.75. The number of para-hydroxylation sites is 2. The number of rotatable bonds is 4. The molecule has 0 saturated heterocycles. The molecule has 0 saturated carbocycles. The summed E-state index contributed by atoms with van der Waals surface area (Å²) >= 11 is 12.4. The summed E-state index contributed by atoms with van der Waals surface area (Å²) in [7, 11) is 0. The molecule has 6 heteroatoms. The number of likely N-dealkylation sites (N-methyl/N-ethyl adjacent to an activating group) is 1. The van der Waals surface area contributed by atoms with E-state index in [1.54, 1.807) is 29.2 Å². The van der Waals surface area contributed by atoms with Gasteiger partial charge >= 0.3 is 0 Å². The Morgan fingerprint density at radius 3 is 2.17 bits per heavy atom. The van der Waals surface area contributed by atoms with Crippen molar-refractivity contribution in [3.63, 3.8) is 0 Å². The summed E-state index contributed by atoms with van der Waals surface area (Å²) in [5, 5.41) is 0.207. The molecule has 3 rings (SSSR count). The smallest absolute Gasteiger partial charge is 0.283 e. The van der Waals surface area contributed by atoms with Crippen molar-refractivity contribution < 1.29 is 9.59 Å². The topological polar surface area (TPSA) is 40.6 Å². The van der Waals surface area contributed by atoms with Crippen molar-refractivity contribution in [1.82, 2.24) is 0 Å². The zero-order chi connectivity index (χ0) is 17.3. The molecule has 0 bridgehead atoms. The van der Waals surface area contributed by atoms with Gasteiger partial charge in [-0.05, 0) is 31.2 Å². The molecule has 0 aliphatic carbocycles. The summed E-state index contributed by atoms with van der Waals surface area (Å²) in [6, 6.07) is 16.0. The standard InChI is InChI=1S/C18H14Cl2N2O2/c1-2-21(12-8-4-3-5-9-12)16-15(20)17(23)22(18(16)24)14-11-7-6-10-13(14)19/h3-11H,2H2,1H3. The van der Waals surface area contributed by atoms with Gasteiger partial charge in [0, 0.05) is 12.2 Å². The van der Waals surface area contributed by atoms with Crippen molar-refractivity contribution in [3.8, 4) is 0 Å². The average molecular weight is 361 g/mol. The summed E-state index contributed by atoms with van der Waals surface area (Å²) in [6.07, 6.45) is 0. The lowest BCUT2D eigenvalue weighted by molar-refractivity contribution is -0.120. The van der Waals surface area contributed by atoms with E-state index in [-0.39, 0.29) is 10.7 Å². The average Bonchev–Trinajstić information content (AvgIpc) is 2.81. The SMILES string of the molecule is CCN(C1=C(Cl)C(=O)N(c2ccccc2Cl)C1=O)c1ccccc1. The molecule has 2 aromatic rings. The number of halogens is 2. The largest absolute Gasteiger partial charge is 0.336 e. The molecule has 0 spiro atoms. The quantitative estimate of drug-likeness (QED) is 0.767. The third-order valence-corrected chi connectivity index (χ3v) is 4.41. The molecule has 0 N–H and O–H groups in total. The zero-order valence-electron chi connectivity index (χ0n) is 12.9. The molecule has 2 amide bonds. The Balaban J connectivity index is 2.05. The first-order valence-corrected chi connectivity index (χ1v) is 8.17. The lowest BCUT2D eigenvalue weighted by Gasteiger charge is -2.24. The van der Waals surface area contributed by atoms with Crippen molar-refractivity contribution in [2.24, 2.45) is 0 Å². The summed E-state index contributed by atoms with van der Waals surface area (Å²) in [5.41, 5.74) is 1.28. The molecule has 122 valence electrons. The van der Waals surface area contributed by atoms with Crippen molar-refractivity contribution in [2.45, 2.75) is 6.92 Å². The van der Waals surface area contributed by atoms with Crippen LogP contribution in [0.5, 0.6) is 0 Å². The van der Waals surface area contributed by atoms with Crippen LogP contribution in [0.3, 0.4) is 0 Å². The lowest BCUT2D eigenvalue weighted by atomic mass is 10.2. The van der Waals surface area contributed by atoms with Gasteiger partial charge in [-0.25, -0.2) is 4.90 Å². The second-order valence-corrected chi connectivity index (χ2v) is 5.92. The van der Waals surface area contributed by atoms with Crippen molar-refractivity contribution in [3.05, 3.63) is 70.3 Å². The fraction of sp³-hybridized carbons (Fsp3) is 0.111. The van der Waals surface area contributed by atoms with Gasteiger partial charge in [0.25, 0.3) is 11.8 Å². The predicted molar refractivity (Wildman–Crippen MR) is 96.3 cm³/mol. The number of benzene rings is 2. The number of carbonyl (C=O) groups is 2. The van der Waals surface area contributed by atoms with Crippen LogP contribution < -0.4 is 9.80 Å². The summed E-state index contributed by atoms with van der Waals surface area (Å²) in [6.45, 7) is 2.38. The van der Waals surface area contributed by atoms with Crippen LogP contribution in [0.4, 0.5) is 11.4 Å². The van der Waals surface area contributed by atoms with Crippen LogP contribution in [-0.2, 0) is 9.59 Å². The van der Waals surface area contributed by atoms with Crippen LogP contribution in [0.25, 0.3) is 0 Å². The van der Waals surface area contributed by atoms with Gasteiger partial charge in [-0.15, -0.1) is 0 Å². The van der Waals surface area contributed by atoms with E-state index < -0.39 is 11.8 Å². The number of nitrogens with zero attached hydrogens (tertiary/aromatic N) is 2. The minimum absolute atomic E-state index is 0.106. The van der Waals surface area contributed by atoms with E-state index in [2.05, 4.69) is 0 Å². The first-order valence-electron chi connectivity index (χ1n) is 7.42. The Labute approximate surface area is 149 Å².